The first kappa shape index (κ1) is 22.7. The molecule has 1 atom stereocenters. The van der Waals surface area contributed by atoms with Crippen molar-refractivity contribution in [1.29, 1.82) is 0 Å². The van der Waals surface area contributed by atoms with E-state index in [9.17, 15) is 14.4 Å². The lowest BCUT2D eigenvalue weighted by atomic mass is 10.1. The summed E-state index contributed by atoms with van der Waals surface area (Å²) in [6, 6.07) is 12.3. The fraction of sp³-hybridized carbons (Fsp3) is 0.407. The summed E-state index contributed by atoms with van der Waals surface area (Å²) in [5.41, 5.74) is 1.51. The van der Waals surface area contributed by atoms with E-state index in [2.05, 4.69) is 0 Å². The van der Waals surface area contributed by atoms with Gasteiger partial charge in [0.25, 0.3) is 17.4 Å². The number of anilines is 1. The van der Waals surface area contributed by atoms with Crippen molar-refractivity contribution in [2.24, 2.45) is 0 Å². The van der Waals surface area contributed by atoms with Gasteiger partial charge >= 0.3 is 0 Å². The Kier molecular flexibility index (Phi) is 5.92. The van der Waals surface area contributed by atoms with E-state index in [4.69, 9.17) is 14.5 Å². The first-order valence-corrected chi connectivity index (χ1v) is 12.6. The lowest BCUT2D eigenvalue weighted by Gasteiger charge is -2.37. The molecule has 9 nitrogen and oxygen atoms in total. The lowest BCUT2D eigenvalue weighted by Crippen LogP contribution is -2.54. The highest BCUT2D eigenvalue weighted by Crippen LogP contribution is 2.35. The van der Waals surface area contributed by atoms with Crippen molar-refractivity contribution in [3.05, 3.63) is 64.2 Å². The maximum Gasteiger partial charge on any atom is 0.265 e. The van der Waals surface area contributed by atoms with E-state index in [1.165, 1.54) is 0 Å². The quantitative estimate of drug-likeness (QED) is 0.550. The highest BCUT2D eigenvalue weighted by molar-refractivity contribution is 6.09. The number of morpholine rings is 1. The summed E-state index contributed by atoms with van der Waals surface area (Å²) >= 11 is 0. The first-order valence-electron chi connectivity index (χ1n) is 12.6. The Balaban J connectivity index is 1.34. The van der Waals surface area contributed by atoms with E-state index < -0.39 is 6.10 Å². The van der Waals surface area contributed by atoms with Crippen molar-refractivity contribution >= 4 is 28.4 Å². The number of ether oxygens (including phenoxy) is 2. The number of nitrogens with zero attached hydrogens (tertiary/aromatic N) is 4. The van der Waals surface area contributed by atoms with E-state index in [0.717, 1.165) is 31.5 Å². The maximum absolute atomic E-state index is 13.8. The van der Waals surface area contributed by atoms with Crippen LogP contribution >= 0.6 is 0 Å². The average Bonchev–Trinajstić information content (AvgIpc) is 3.17. The number of hydrogen-bond donors (Lipinski definition) is 0. The number of rotatable bonds is 2. The van der Waals surface area contributed by atoms with Crippen molar-refractivity contribution in [3.8, 4) is 5.75 Å². The molecule has 0 radical (unpaired) electrons. The molecule has 1 aromatic heterocycles. The van der Waals surface area contributed by atoms with Gasteiger partial charge in [0.2, 0.25) is 0 Å². The minimum absolute atomic E-state index is 0.0520. The Hall–Kier alpha value is -3.72. The molecule has 0 unspecified atom stereocenters. The smallest absolute Gasteiger partial charge is 0.265 e. The Morgan fingerprint density at radius 3 is 2.67 bits per heavy atom. The molecule has 6 rings (SSSR count). The van der Waals surface area contributed by atoms with Crippen LogP contribution in [-0.2, 0) is 22.5 Å². The predicted octanol–water partition coefficient (Wildman–Crippen LogP) is 2.39. The van der Waals surface area contributed by atoms with Crippen LogP contribution in [-0.4, -0.2) is 65.2 Å². The third-order valence-electron chi connectivity index (χ3n) is 7.18. The maximum atomic E-state index is 13.8. The number of amides is 2. The monoisotopic (exact) mass is 488 g/mol. The van der Waals surface area contributed by atoms with E-state index in [-0.39, 0.29) is 23.9 Å². The van der Waals surface area contributed by atoms with E-state index in [0.29, 0.717) is 60.8 Å². The average molecular weight is 489 g/mol. The molecule has 0 aliphatic carbocycles. The molecule has 186 valence electrons. The standard InChI is InChI=1S/C27H28N4O5/c32-25(18-9-10-19-20(16-18)28-24-8-2-1-5-11-30(24)26(19)33)31-17-23(27(34)29-12-14-35-15-13-29)36-22-7-4-3-6-21(22)31/h3-4,6-7,9-10,16,23H,1-2,5,8,11-15,17H2/t23-/m0/s1. The van der Waals surface area contributed by atoms with Gasteiger partial charge in [-0.3, -0.25) is 19.0 Å². The summed E-state index contributed by atoms with van der Waals surface area (Å²) in [5.74, 6) is 0.861. The Morgan fingerprint density at radius 2 is 1.81 bits per heavy atom. The number of fused-ring (bicyclic) bond motifs is 3. The zero-order valence-corrected chi connectivity index (χ0v) is 20.0. The van der Waals surface area contributed by atoms with E-state index in [1.54, 1.807) is 38.6 Å². The molecule has 0 spiro atoms. The molecular weight excluding hydrogens is 460 g/mol. The van der Waals surface area contributed by atoms with Gasteiger partial charge in [-0.1, -0.05) is 18.6 Å². The van der Waals surface area contributed by atoms with Gasteiger partial charge in [0.15, 0.2) is 6.10 Å². The van der Waals surface area contributed by atoms with Gasteiger partial charge < -0.3 is 19.3 Å². The van der Waals surface area contributed by atoms with Crippen LogP contribution in [0.3, 0.4) is 0 Å². The number of aromatic nitrogens is 2. The third-order valence-corrected chi connectivity index (χ3v) is 7.18. The van der Waals surface area contributed by atoms with Crippen LogP contribution in [0, 0.1) is 0 Å². The molecule has 3 aliphatic heterocycles. The summed E-state index contributed by atoms with van der Waals surface area (Å²) in [4.78, 5) is 48.2. The van der Waals surface area contributed by atoms with Crippen molar-refractivity contribution in [3.63, 3.8) is 0 Å². The van der Waals surface area contributed by atoms with Crippen LogP contribution < -0.4 is 15.2 Å². The van der Waals surface area contributed by atoms with Gasteiger partial charge in [-0.25, -0.2) is 4.98 Å². The second-order valence-corrected chi connectivity index (χ2v) is 9.46. The molecule has 1 fully saturated rings. The molecule has 1 saturated heterocycles. The number of carbonyl (C=O) groups is 2. The molecular formula is C27H28N4O5. The van der Waals surface area contributed by atoms with Crippen LogP contribution in [0.15, 0.2) is 47.3 Å². The Bertz CT molecular complexity index is 1390. The molecule has 0 N–H and O–H groups in total. The molecule has 9 heteroatoms. The van der Waals surface area contributed by atoms with Gasteiger partial charge in [0.1, 0.15) is 11.6 Å². The summed E-state index contributed by atoms with van der Waals surface area (Å²) in [6.07, 6.45) is 2.99. The fourth-order valence-corrected chi connectivity index (χ4v) is 5.25. The van der Waals surface area contributed by atoms with Crippen LogP contribution in [0.4, 0.5) is 5.69 Å². The largest absolute Gasteiger partial charge is 0.476 e. The second-order valence-electron chi connectivity index (χ2n) is 9.46. The third kappa shape index (κ3) is 4.03. The molecule has 2 amide bonds. The lowest BCUT2D eigenvalue weighted by molar-refractivity contribution is -0.142. The fourth-order valence-electron chi connectivity index (χ4n) is 5.25. The number of carbonyl (C=O) groups excluding carboxylic acids is 2. The van der Waals surface area contributed by atoms with E-state index >= 15 is 0 Å². The van der Waals surface area contributed by atoms with Crippen LogP contribution in [0.1, 0.15) is 35.4 Å². The zero-order chi connectivity index (χ0) is 24.6. The zero-order valence-electron chi connectivity index (χ0n) is 20.0. The Labute approximate surface area is 208 Å². The number of hydrogen-bond acceptors (Lipinski definition) is 6. The summed E-state index contributed by atoms with van der Waals surface area (Å²) in [6.45, 7) is 2.77. The van der Waals surface area contributed by atoms with Gasteiger partial charge in [0, 0.05) is 31.6 Å². The molecule has 3 aliphatic rings. The number of para-hydroxylation sites is 2. The summed E-state index contributed by atoms with van der Waals surface area (Å²) in [5, 5.41) is 0.514. The molecule has 0 bridgehead atoms. The topological polar surface area (TPSA) is 94.0 Å². The van der Waals surface area contributed by atoms with E-state index in [1.807, 2.05) is 18.2 Å². The number of aryl methyl sites for hydroxylation is 1. The Morgan fingerprint density at radius 1 is 0.972 bits per heavy atom. The minimum atomic E-state index is -0.805. The van der Waals surface area contributed by atoms with Crippen molar-refractivity contribution in [2.75, 3.05) is 37.7 Å². The summed E-state index contributed by atoms with van der Waals surface area (Å²) in [7, 11) is 0. The molecule has 0 saturated carbocycles. The van der Waals surface area contributed by atoms with Crippen molar-refractivity contribution in [2.45, 2.75) is 38.3 Å². The molecule has 2 aromatic carbocycles. The highest BCUT2D eigenvalue weighted by Gasteiger charge is 2.36. The predicted molar refractivity (Wildman–Crippen MR) is 133 cm³/mol. The molecule has 36 heavy (non-hydrogen) atoms. The van der Waals surface area contributed by atoms with Crippen LogP contribution in [0.25, 0.3) is 10.9 Å². The van der Waals surface area contributed by atoms with Gasteiger partial charge in [-0.2, -0.15) is 0 Å². The summed E-state index contributed by atoms with van der Waals surface area (Å²) < 4.78 is 13.2. The second kappa shape index (κ2) is 9.39. The normalized spacial score (nSPS) is 19.7. The molecule has 3 aromatic rings. The highest BCUT2D eigenvalue weighted by atomic mass is 16.5. The molecule has 4 heterocycles. The van der Waals surface area contributed by atoms with Crippen molar-refractivity contribution in [1.82, 2.24) is 14.5 Å². The van der Waals surface area contributed by atoms with Gasteiger partial charge in [0.05, 0.1) is 36.3 Å². The SMILES string of the molecule is O=C([C@@H]1CN(C(=O)c2ccc3c(=O)n4c(nc3c2)CCCCC4)c2ccccc2O1)N1CCOCC1. The van der Waals surface area contributed by atoms with Crippen LogP contribution in [0.5, 0.6) is 5.75 Å². The van der Waals surface area contributed by atoms with Gasteiger partial charge in [-0.05, 0) is 43.2 Å². The van der Waals surface area contributed by atoms with Gasteiger partial charge in [-0.15, -0.1) is 0 Å². The van der Waals surface area contributed by atoms with Crippen molar-refractivity contribution < 1.29 is 19.1 Å². The minimum Gasteiger partial charge on any atom is -0.476 e. The van der Waals surface area contributed by atoms with Crippen LogP contribution in [0.2, 0.25) is 0 Å². The first-order chi connectivity index (χ1) is 17.6. The number of benzene rings is 2.